The summed E-state index contributed by atoms with van der Waals surface area (Å²) in [5, 5.41) is 0. The molecule has 0 spiro atoms. The molecule has 0 aliphatic rings. The third kappa shape index (κ3) is 4.19. The lowest BCUT2D eigenvalue weighted by Crippen LogP contribution is -1.30. The summed E-state index contributed by atoms with van der Waals surface area (Å²) in [6, 6.07) is 0. The highest BCUT2D eigenvalue weighted by molar-refractivity contribution is 8.41. The number of hydrogen-bond donors (Lipinski definition) is 1. The third-order valence-electron chi connectivity index (χ3n) is 0.277. The van der Waals surface area contributed by atoms with Gasteiger partial charge in [-0.05, 0) is 13.0 Å². The Bertz CT molecular complexity index is 78.9. The van der Waals surface area contributed by atoms with Gasteiger partial charge < -0.3 is 0 Å². The molecular weight excluding hydrogens is 115 g/mol. The van der Waals surface area contributed by atoms with E-state index in [1.54, 1.807) is 11.9 Å². The Labute approximate surface area is 43.4 Å². The number of hydrogen-bond acceptors (Lipinski definition) is 1. The second-order valence-corrected chi connectivity index (χ2v) is 2.87. The monoisotopic (exact) mass is 121 g/mol. The van der Waals surface area contributed by atoms with Gasteiger partial charge in [0, 0.05) is 0 Å². The maximum Gasteiger partial charge on any atom is 0.438 e. The summed E-state index contributed by atoms with van der Waals surface area (Å²) in [4.78, 5) is 0. The zero-order valence-corrected chi connectivity index (χ0v) is 5.25. The van der Waals surface area contributed by atoms with Gasteiger partial charge in [-0.1, -0.05) is 4.57 Å². The summed E-state index contributed by atoms with van der Waals surface area (Å²) in [6.45, 7) is 1.81. The maximum absolute atomic E-state index is 9.97. The molecule has 0 amide bonds. The Morgan fingerprint density at radius 1 is 1.83 bits per heavy atom. The number of thiol groups is 1. The Morgan fingerprint density at radius 2 is 2.33 bits per heavy atom. The summed E-state index contributed by atoms with van der Waals surface area (Å²) >= 11 is 3.60. The Kier molecular flexibility index (Phi) is 3.49. The molecule has 1 nitrogen and oxygen atoms in total. The van der Waals surface area contributed by atoms with Crippen LogP contribution >= 0.6 is 19.3 Å². The van der Waals surface area contributed by atoms with E-state index in [9.17, 15) is 4.57 Å². The molecule has 0 rings (SSSR count). The molecule has 0 aliphatic carbocycles. The molecule has 34 valence electrons. The van der Waals surface area contributed by atoms with Crippen molar-refractivity contribution in [3.63, 3.8) is 0 Å². The van der Waals surface area contributed by atoms with Crippen LogP contribution < -0.4 is 0 Å². The molecule has 1 atom stereocenters. The van der Waals surface area contributed by atoms with Crippen LogP contribution in [0.4, 0.5) is 0 Å². The first kappa shape index (κ1) is 6.19. The Morgan fingerprint density at radius 3 is 2.33 bits per heavy atom. The minimum Gasteiger partial charge on any atom is -0.0537 e. The van der Waals surface area contributed by atoms with Gasteiger partial charge in [0.1, 0.15) is 12.2 Å². The largest absolute Gasteiger partial charge is 0.438 e. The minimum absolute atomic E-state index is 1.34. The van der Waals surface area contributed by atoms with Gasteiger partial charge in [0.05, 0.1) is 0 Å². The van der Waals surface area contributed by atoms with Crippen molar-refractivity contribution in [2.24, 2.45) is 0 Å². The van der Waals surface area contributed by atoms with Crippen molar-refractivity contribution < 1.29 is 4.57 Å². The predicted molar refractivity (Wildman–Crippen MR) is 31.4 cm³/mol. The molecule has 1 unspecified atom stereocenters. The lowest BCUT2D eigenvalue weighted by atomic mass is 10.8. The highest BCUT2D eigenvalue weighted by atomic mass is 32.7. The molecule has 0 fully saturated rings. The van der Waals surface area contributed by atoms with E-state index < -0.39 is 7.00 Å². The Hall–Kier alpha value is 0.190. The highest BCUT2D eigenvalue weighted by Crippen LogP contribution is 2.26. The van der Waals surface area contributed by atoms with E-state index in [2.05, 4.69) is 12.2 Å². The van der Waals surface area contributed by atoms with E-state index in [0.717, 1.165) is 0 Å². The van der Waals surface area contributed by atoms with Gasteiger partial charge in [0.2, 0.25) is 0 Å². The van der Waals surface area contributed by atoms with Gasteiger partial charge in [0.15, 0.2) is 5.82 Å². The normalized spacial score (nSPS) is 12.7. The van der Waals surface area contributed by atoms with Crippen molar-refractivity contribution in [1.82, 2.24) is 0 Å². The van der Waals surface area contributed by atoms with Crippen LogP contribution in [-0.4, -0.2) is 0 Å². The lowest BCUT2D eigenvalue weighted by molar-refractivity contribution is 0.601. The van der Waals surface area contributed by atoms with Crippen LogP contribution in [0.1, 0.15) is 6.92 Å². The molecule has 0 radical (unpaired) electrons. The molecule has 0 aromatic carbocycles. The zero-order valence-electron chi connectivity index (χ0n) is 3.46. The molecule has 0 N–H and O–H groups in total. The second-order valence-electron chi connectivity index (χ2n) is 0.785. The fourth-order valence-electron chi connectivity index (χ4n) is 0.128. The van der Waals surface area contributed by atoms with Crippen molar-refractivity contribution in [3.05, 3.63) is 11.9 Å². The first-order valence-corrected chi connectivity index (χ1v) is 4.03. The molecular formula is C3H6OPS+. The average molecular weight is 121 g/mol. The zero-order chi connectivity index (χ0) is 4.99. The van der Waals surface area contributed by atoms with Crippen LogP contribution in [-0.2, 0) is 4.57 Å². The molecule has 0 aliphatic heterocycles. The van der Waals surface area contributed by atoms with Crippen LogP contribution in [0, 0.1) is 0 Å². The second kappa shape index (κ2) is 3.38. The quantitative estimate of drug-likeness (QED) is 0.415. The smallest absolute Gasteiger partial charge is 0.0537 e. The van der Waals surface area contributed by atoms with Gasteiger partial charge in [-0.25, -0.2) is 0 Å². The SMILES string of the molecule is CC=C[P+](=O)S. The van der Waals surface area contributed by atoms with E-state index in [4.69, 9.17) is 0 Å². The standard InChI is InChI=1S/C3H5OPS/c1-2-3-5(4)6/h2-3H,1H3/p+1. The van der Waals surface area contributed by atoms with Gasteiger partial charge >= 0.3 is 7.00 Å². The van der Waals surface area contributed by atoms with Crippen molar-refractivity contribution in [1.29, 1.82) is 0 Å². The van der Waals surface area contributed by atoms with Crippen LogP contribution in [0.25, 0.3) is 0 Å². The Balaban J connectivity index is 3.30. The van der Waals surface area contributed by atoms with Gasteiger partial charge in [-0.15, -0.1) is 0 Å². The first-order chi connectivity index (χ1) is 2.77. The van der Waals surface area contributed by atoms with Gasteiger partial charge in [-0.2, -0.15) is 0 Å². The molecule has 0 bridgehead atoms. The molecule has 0 heterocycles. The molecule has 0 saturated heterocycles. The maximum atomic E-state index is 9.97. The number of rotatable bonds is 1. The lowest BCUT2D eigenvalue weighted by Gasteiger charge is -1.50. The molecule has 3 heteroatoms. The molecule has 6 heavy (non-hydrogen) atoms. The van der Waals surface area contributed by atoms with E-state index in [0.29, 0.717) is 0 Å². The van der Waals surface area contributed by atoms with Crippen LogP contribution in [0.2, 0.25) is 0 Å². The van der Waals surface area contributed by atoms with E-state index in [1.165, 1.54) is 0 Å². The van der Waals surface area contributed by atoms with Crippen LogP contribution in [0.3, 0.4) is 0 Å². The van der Waals surface area contributed by atoms with Crippen molar-refractivity contribution in [2.45, 2.75) is 6.92 Å². The summed E-state index contributed by atoms with van der Waals surface area (Å²) in [5.74, 6) is 1.54. The third-order valence-corrected chi connectivity index (χ3v) is 1.23. The molecule has 0 aromatic rings. The topological polar surface area (TPSA) is 17.1 Å². The summed E-state index contributed by atoms with van der Waals surface area (Å²) in [5.41, 5.74) is 0. The van der Waals surface area contributed by atoms with Gasteiger partial charge in [-0.3, -0.25) is 0 Å². The van der Waals surface area contributed by atoms with E-state index >= 15 is 0 Å². The average Bonchev–Trinajstić information content (AvgIpc) is 1.35. The summed E-state index contributed by atoms with van der Waals surface area (Å²) in [6.07, 6.45) is 1.71. The predicted octanol–water partition coefficient (Wildman–Crippen LogP) is 2.19. The molecule has 0 aromatic heterocycles. The van der Waals surface area contributed by atoms with E-state index in [1.807, 2.05) is 6.92 Å². The summed E-state index contributed by atoms with van der Waals surface area (Å²) in [7, 11) is -1.34. The fourth-order valence-corrected chi connectivity index (χ4v) is 0.783. The highest BCUT2D eigenvalue weighted by Gasteiger charge is 1.94. The van der Waals surface area contributed by atoms with Crippen molar-refractivity contribution >= 4 is 19.3 Å². The van der Waals surface area contributed by atoms with Gasteiger partial charge in [0.25, 0.3) is 0 Å². The molecule has 0 saturated carbocycles. The number of allylic oxidation sites excluding steroid dienone is 1. The fraction of sp³-hybridized carbons (Fsp3) is 0.333. The van der Waals surface area contributed by atoms with Crippen molar-refractivity contribution in [3.8, 4) is 0 Å². The van der Waals surface area contributed by atoms with Crippen LogP contribution in [0.15, 0.2) is 11.9 Å². The minimum atomic E-state index is -1.34. The van der Waals surface area contributed by atoms with Crippen LogP contribution in [0.5, 0.6) is 0 Å². The first-order valence-electron chi connectivity index (χ1n) is 1.55. The van der Waals surface area contributed by atoms with Crippen molar-refractivity contribution in [2.75, 3.05) is 0 Å². The summed E-state index contributed by atoms with van der Waals surface area (Å²) < 4.78 is 9.97. The van der Waals surface area contributed by atoms with E-state index in [-0.39, 0.29) is 0 Å².